The number of amides is 1. The Labute approximate surface area is 149 Å². The molecule has 0 aliphatic heterocycles. The lowest BCUT2D eigenvalue weighted by Gasteiger charge is -2.23. The first-order valence-corrected chi connectivity index (χ1v) is 8.61. The van der Waals surface area contributed by atoms with Crippen LogP contribution in [0.5, 0.6) is 0 Å². The molecule has 1 amide bonds. The molecule has 3 nitrogen and oxygen atoms in total. The molecule has 4 heteroatoms. The van der Waals surface area contributed by atoms with E-state index in [2.05, 4.69) is 36.6 Å². The molecule has 128 valence electrons. The lowest BCUT2D eigenvalue weighted by atomic mass is 9.96. The third kappa shape index (κ3) is 4.83. The molecule has 0 fully saturated rings. The summed E-state index contributed by atoms with van der Waals surface area (Å²) in [7, 11) is 0. The van der Waals surface area contributed by atoms with Crippen LogP contribution < -0.4 is 10.6 Å². The van der Waals surface area contributed by atoms with Gasteiger partial charge in [0, 0.05) is 6.04 Å². The molecule has 24 heavy (non-hydrogen) atoms. The Bertz CT molecular complexity index is 675. The molecule has 2 rings (SSSR count). The van der Waals surface area contributed by atoms with Crippen molar-refractivity contribution in [3.8, 4) is 0 Å². The van der Waals surface area contributed by atoms with Gasteiger partial charge in [-0.15, -0.1) is 0 Å². The van der Waals surface area contributed by atoms with Gasteiger partial charge in [0.25, 0.3) is 0 Å². The first kappa shape index (κ1) is 18.5. The number of nitrogens with one attached hydrogen (secondary N) is 2. The summed E-state index contributed by atoms with van der Waals surface area (Å²) in [5.41, 5.74) is 3.93. The fourth-order valence-corrected chi connectivity index (χ4v) is 3.23. The molecule has 1 atom stereocenters. The quantitative estimate of drug-likeness (QED) is 0.784. The highest BCUT2D eigenvalue weighted by Gasteiger charge is 2.17. The van der Waals surface area contributed by atoms with Crippen LogP contribution in [-0.2, 0) is 4.79 Å². The van der Waals surface area contributed by atoms with E-state index >= 15 is 0 Å². The molecule has 0 aliphatic rings. The van der Waals surface area contributed by atoms with E-state index in [1.54, 1.807) is 0 Å². The number of hydrogen-bond donors (Lipinski definition) is 2. The molecule has 2 aromatic rings. The standard InChI is InChI=1S/C20H25ClN2O/c1-13(2)19(16-8-6-5-7-9-16)22-12-18(24)23-20-15(4)10-14(3)11-17(20)21/h5-11,13,19,22H,12H2,1-4H3,(H,23,24)/t19-/m0/s1. The Morgan fingerprint density at radius 2 is 1.79 bits per heavy atom. The predicted molar refractivity (Wildman–Crippen MR) is 102 cm³/mol. The van der Waals surface area contributed by atoms with Crippen LogP contribution in [0.4, 0.5) is 5.69 Å². The SMILES string of the molecule is Cc1cc(C)c(NC(=O)CN[C@H](c2ccccc2)C(C)C)c(Cl)c1. The number of carbonyl (C=O) groups is 1. The first-order valence-electron chi connectivity index (χ1n) is 8.23. The topological polar surface area (TPSA) is 41.1 Å². The molecule has 0 aliphatic carbocycles. The average molecular weight is 345 g/mol. The second-order valence-corrected chi connectivity index (χ2v) is 6.91. The molecule has 0 saturated heterocycles. The Morgan fingerprint density at radius 3 is 2.38 bits per heavy atom. The van der Waals surface area contributed by atoms with Crippen molar-refractivity contribution in [1.29, 1.82) is 0 Å². The molecular formula is C20H25ClN2O. The van der Waals surface area contributed by atoms with Gasteiger partial charge < -0.3 is 10.6 Å². The number of anilines is 1. The lowest BCUT2D eigenvalue weighted by molar-refractivity contribution is -0.115. The van der Waals surface area contributed by atoms with Crippen molar-refractivity contribution >= 4 is 23.2 Å². The van der Waals surface area contributed by atoms with Gasteiger partial charge in [-0.3, -0.25) is 4.79 Å². The van der Waals surface area contributed by atoms with Crippen molar-refractivity contribution in [2.24, 2.45) is 5.92 Å². The number of rotatable bonds is 6. The fourth-order valence-electron chi connectivity index (χ4n) is 2.86. The number of aryl methyl sites for hydroxylation is 2. The highest BCUT2D eigenvalue weighted by Crippen LogP contribution is 2.27. The van der Waals surface area contributed by atoms with Gasteiger partial charge >= 0.3 is 0 Å². The second kappa shape index (κ2) is 8.32. The third-order valence-corrected chi connectivity index (χ3v) is 4.30. The van der Waals surface area contributed by atoms with E-state index in [0.29, 0.717) is 16.6 Å². The van der Waals surface area contributed by atoms with Crippen LogP contribution in [0.1, 0.15) is 36.6 Å². The average Bonchev–Trinajstić information content (AvgIpc) is 2.51. The van der Waals surface area contributed by atoms with Crippen molar-refractivity contribution in [3.05, 3.63) is 64.2 Å². The molecule has 0 heterocycles. The predicted octanol–water partition coefficient (Wildman–Crippen LogP) is 4.88. The van der Waals surface area contributed by atoms with Crippen molar-refractivity contribution in [3.63, 3.8) is 0 Å². The summed E-state index contributed by atoms with van der Waals surface area (Å²) in [6.07, 6.45) is 0. The Balaban J connectivity index is 2.02. The Hall–Kier alpha value is -1.84. The van der Waals surface area contributed by atoms with E-state index in [9.17, 15) is 4.79 Å². The molecular weight excluding hydrogens is 320 g/mol. The molecule has 0 saturated carbocycles. The van der Waals surface area contributed by atoms with Gasteiger partial charge in [-0.2, -0.15) is 0 Å². The van der Waals surface area contributed by atoms with Gasteiger partial charge in [0.2, 0.25) is 5.91 Å². The summed E-state index contributed by atoms with van der Waals surface area (Å²) < 4.78 is 0. The minimum Gasteiger partial charge on any atom is -0.323 e. The van der Waals surface area contributed by atoms with Crippen molar-refractivity contribution in [2.45, 2.75) is 33.7 Å². The zero-order valence-electron chi connectivity index (χ0n) is 14.7. The summed E-state index contributed by atoms with van der Waals surface area (Å²) in [6.45, 7) is 8.45. The van der Waals surface area contributed by atoms with Crippen molar-refractivity contribution in [2.75, 3.05) is 11.9 Å². The van der Waals surface area contributed by atoms with Crippen LogP contribution in [0.3, 0.4) is 0 Å². The smallest absolute Gasteiger partial charge is 0.238 e. The van der Waals surface area contributed by atoms with E-state index in [1.165, 1.54) is 5.56 Å². The Morgan fingerprint density at radius 1 is 1.12 bits per heavy atom. The van der Waals surface area contributed by atoms with Crippen LogP contribution in [-0.4, -0.2) is 12.5 Å². The molecule has 2 N–H and O–H groups in total. The van der Waals surface area contributed by atoms with Gasteiger partial charge in [0.05, 0.1) is 17.3 Å². The highest BCUT2D eigenvalue weighted by molar-refractivity contribution is 6.34. The third-order valence-electron chi connectivity index (χ3n) is 4.00. The monoisotopic (exact) mass is 344 g/mol. The molecule has 0 radical (unpaired) electrons. The van der Waals surface area contributed by atoms with Crippen molar-refractivity contribution < 1.29 is 4.79 Å². The molecule has 0 aromatic heterocycles. The van der Waals surface area contributed by atoms with Gasteiger partial charge in [0.1, 0.15) is 0 Å². The molecule has 2 aromatic carbocycles. The maximum Gasteiger partial charge on any atom is 0.238 e. The van der Waals surface area contributed by atoms with E-state index in [-0.39, 0.29) is 18.5 Å². The maximum atomic E-state index is 12.3. The normalized spacial score (nSPS) is 12.2. The Kier molecular flexibility index (Phi) is 6.41. The second-order valence-electron chi connectivity index (χ2n) is 6.50. The maximum absolute atomic E-state index is 12.3. The number of halogens is 1. The highest BCUT2D eigenvalue weighted by atomic mass is 35.5. The summed E-state index contributed by atoms with van der Waals surface area (Å²) in [6, 6.07) is 14.2. The first-order chi connectivity index (χ1) is 11.4. The van der Waals surface area contributed by atoms with E-state index in [0.717, 1.165) is 11.1 Å². The van der Waals surface area contributed by atoms with Gasteiger partial charge in [0.15, 0.2) is 0 Å². The molecule has 0 spiro atoms. The number of benzene rings is 2. The van der Waals surface area contributed by atoms with Crippen LogP contribution in [0.15, 0.2) is 42.5 Å². The largest absolute Gasteiger partial charge is 0.323 e. The van der Waals surface area contributed by atoms with E-state index in [4.69, 9.17) is 11.6 Å². The van der Waals surface area contributed by atoms with Gasteiger partial charge in [-0.1, -0.05) is 61.8 Å². The summed E-state index contributed by atoms with van der Waals surface area (Å²) in [5, 5.41) is 6.84. The minimum absolute atomic E-state index is 0.0922. The summed E-state index contributed by atoms with van der Waals surface area (Å²) in [4.78, 5) is 12.3. The molecule has 0 unspecified atom stereocenters. The number of hydrogen-bond acceptors (Lipinski definition) is 2. The number of carbonyl (C=O) groups excluding carboxylic acids is 1. The van der Waals surface area contributed by atoms with Crippen LogP contribution in [0, 0.1) is 19.8 Å². The zero-order chi connectivity index (χ0) is 17.7. The minimum atomic E-state index is -0.0922. The summed E-state index contributed by atoms with van der Waals surface area (Å²) in [5.74, 6) is 0.287. The van der Waals surface area contributed by atoms with Crippen molar-refractivity contribution in [1.82, 2.24) is 5.32 Å². The van der Waals surface area contributed by atoms with Gasteiger partial charge in [-0.25, -0.2) is 0 Å². The van der Waals surface area contributed by atoms with E-state index < -0.39 is 0 Å². The van der Waals surface area contributed by atoms with E-state index in [1.807, 2.05) is 44.2 Å². The van der Waals surface area contributed by atoms with Crippen LogP contribution >= 0.6 is 11.6 Å². The van der Waals surface area contributed by atoms with Gasteiger partial charge in [-0.05, 0) is 42.5 Å². The summed E-state index contributed by atoms with van der Waals surface area (Å²) >= 11 is 6.25. The van der Waals surface area contributed by atoms with Crippen LogP contribution in [0.2, 0.25) is 5.02 Å². The van der Waals surface area contributed by atoms with Crippen LogP contribution in [0.25, 0.3) is 0 Å². The fraction of sp³-hybridized carbons (Fsp3) is 0.350. The molecule has 0 bridgehead atoms. The zero-order valence-corrected chi connectivity index (χ0v) is 15.4. The lowest BCUT2D eigenvalue weighted by Crippen LogP contribution is -2.33.